The zero-order valence-electron chi connectivity index (χ0n) is 13.4. The van der Waals surface area contributed by atoms with Crippen LogP contribution in [0.25, 0.3) is 0 Å². The summed E-state index contributed by atoms with van der Waals surface area (Å²) < 4.78 is 0. The number of thiophene rings is 1. The molecule has 1 heterocycles. The molecule has 5 heteroatoms. The molecule has 1 aromatic heterocycles. The largest absolute Gasteiger partial charge is 0.386 e. The quantitative estimate of drug-likeness (QED) is 0.807. The molecule has 1 aliphatic carbocycles. The maximum atomic E-state index is 12.2. The van der Waals surface area contributed by atoms with Crippen LogP contribution in [0.1, 0.15) is 36.0 Å². The van der Waals surface area contributed by atoms with E-state index in [1.165, 1.54) is 4.88 Å². The summed E-state index contributed by atoms with van der Waals surface area (Å²) in [5, 5.41) is 18.2. The van der Waals surface area contributed by atoms with Gasteiger partial charge in [-0.1, -0.05) is 44.2 Å². The van der Waals surface area contributed by atoms with Gasteiger partial charge >= 0.3 is 6.03 Å². The number of hydrogen-bond donors (Lipinski definition) is 3. The van der Waals surface area contributed by atoms with E-state index < -0.39 is 6.10 Å². The van der Waals surface area contributed by atoms with Crippen LogP contribution in [-0.2, 0) is 11.8 Å². The minimum absolute atomic E-state index is 0.108. The zero-order valence-corrected chi connectivity index (χ0v) is 14.2. The van der Waals surface area contributed by atoms with Gasteiger partial charge in [0.25, 0.3) is 0 Å². The van der Waals surface area contributed by atoms with E-state index in [4.69, 9.17) is 0 Å². The van der Waals surface area contributed by atoms with E-state index in [1.807, 2.05) is 35.7 Å². The molecule has 4 nitrogen and oxygen atoms in total. The second kappa shape index (κ2) is 6.34. The average Bonchev–Trinajstić information content (AvgIpc) is 3.16. The van der Waals surface area contributed by atoms with Gasteiger partial charge in [-0.15, -0.1) is 11.3 Å². The number of carbonyl (C=O) groups is 1. The van der Waals surface area contributed by atoms with Crippen molar-refractivity contribution in [3.05, 3.63) is 57.8 Å². The van der Waals surface area contributed by atoms with Crippen LogP contribution in [0.15, 0.2) is 41.8 Å². The molecule has 0 saturated carbocycles. The summed E-state index contributed by atoms with van der Waals surface area (Å²) >= 11 is 1.69. The number of aliphatic hydroxyl groups is 1. The number of urea groups is 1. The van der Waals surface area contributed by atoms with E-state index in [0.717, 1.165) is 11.1 Å². The van der Waals surface area contributed by atoms with E-state index in [0.29, 0.717) is 13.0 Å². The number of nitrogens with one attached hydrogen (secondary N) is 2. The van der Waals surface area contributed by atoms with Crippen molar-refractivity contribution in [2.75, 3.05) is 6.54 Å². The van der Waals surface area contributed by atoms with Crippen molar-refractivity contribution in [3.8, 4) is 0 Å². The smallest absolute Gasteiger partial charge is 0.315 e. The van der Waals surface area contributed by atoms with Crippen LogP contribution in [-0.4, -0.2) is 23.7 Å². The molecule has 2 aromatic rings. The summed E-state index contributed by atoms with van der Waals surface area (Å²) in [6, 6.07) is 11.4. The lowest BCUT2D eigenvalue weighted by molar-refractivity contribution is 0.142. The van der Waals surface area contributed by atoms with Gasteiger partial charge in [-0.2, -0.15) is 0 Å². The van der Waals surface area contributed by atoms with Crippen LogP contribution in [0.5, 0.6) is 0 Å². The summed E-state index contributed by atoms with van der Waals surface area (Å²) in [5.41, 5.74) is 1.91. The minimum atomic E-state index is -0.637. The lowest BCUT2D eigenvalue weighted by Gasteiger charge is -2.25. The van der Waals surface area contributed by atoms with Gasteiger partial charge in [0.2, 0.25) is 0 Å². The van der Waals surface area contributed by atoms with Crippen LogP contribution in [0.4, 0.5) is 4.79 Å². The van der Waals surface area contributed by atoms with Crippen LogP contribution < -0.4 is 10.6 Å². The third-order valence-corrected chi connectivity index (χ3v) is 5.63. The molecule has 0 aliphatic heterocycles. The highest BCUT2D eigenvalue weighted by Gasteiger charge is 2.32. The predicted octanol–water partition coefficient (Wildman–Crippen LogP) is 2.98. The highest BCUT2D eigenvalue weighted by molar-refractivity contribution is 7.10. The van der Waals surface area contributed by atoms with Gasteiger partial charge in [0.05, 0.1) is 12.1 Å². The molecule has 122 valence electrons. The lowest BCUT2D eigenvalue weighted by Crippen LogP contribution is -2.47. The maximum Gasteiger partial charge on any atom is 0.315 e. The number of amides is 2. The SMILES string of the molecule is CC(C)(CNC(=O)N[C@@H]1Cc2ccccc2[C@H]1O)c1cccs1. The van der Waals surface area contributed by atoms with Crippen molar-refractivity contribution in [2.45, 2.75) is 37.8 Å². The molecule has 0 fully saturated rings. The van der Waals surface area contributed by atoms with Gasteiger partial charge in [0, 0.05) is 16.8 Å². The summed E-state index contributed by atoms with van der Waals surface area (Å²) in [4.78, 5) is 13.4. The molecule has 0 bridgehead atoms. The molecule has 2 atom stereocenters. The molecule has 0 spiro atoms. The van der Waals surface area contributed by atoms with Crippen molar-refractivity contribution in [1.82, 2.24) is 10.6 Å². The normalized spacial score (nSPS) is 20.1. The summed E-state index contributed by atoms with van der Waals surface area (Å²) in [7, 11) is 0. The Kier molecular flexibility index (Phi) is 4.41. The Labute approximate surface area is 140 Å². The van der Waals surface area contributed by atoms with Crippen LogP contribution in [0.3, 0.4) is 0 Å². The van der Waals surface area contributed by atoms with E-state index in [2.05, 4.69) is 30.5 Å². The molecular formula is C18H22N2O2S. The number of fused-ring (bicyclic) bond motifs is 1. The van der Waals surface area contributed by atoms with Crippen molar-refractivity contribution < 1.29 is 9.90 Å². The minimum Gasteiger partial charge on any atom is -0.386 e. The fraction of sp³-hybridized carbons (Fsp3) is 0.389. The molecule has 0 saturated heterocycles. The molecule has 3 rings (SSSR count). The molecule has 3 N–H and O–H groups in total. The highest BCUT2D eigenvalue weighted by Crippen LogP contribution is 2.31. The van der Waals surface area contributed by atoms with Crippen LogP contribution >= 0.6 is 11.3 Å². The Hall–Kier alpha value is -1.85. The van der Waals surface area contributed by atoms with Gasteiger partial charge < -0.3 is 15.7 Å². The van der Waals surface area contributed by atoms with Crippen LogP contribution in [0.2, 0.25) is 0 Å². The number of rotatable bonds is 4. The monoisotopic (exact) mass is 330 g/mol. The van der Waals surface area contributed by atoms with Crippen molar-refractivity contribution in [1.29, 1.82) is 0 Å². The van der Waals surface area contributed by atoms with E-state index >= 15 is 0 Å². The fourth-order valence-electron chi connectivity index (χ4n) is 2.98. The van der Waals surface area contributed by atoms with E-state index in [9.17, 15) is 9.90 Å². The predicted molar refractivity (Wildman–Crippen MR) is 92.8 cm³/mol. The number of aliphatic hydroxyl groups excluding tert-OH is 1. The first-order valence-electron chi connectivity index (χ1n) is 7.81. The van der Waals surface area contributed by atoms with Gasteiger partial charge in [-0.05, 0) is 29.0 Å². The third-order valence-electron chi connectivity index (χ3n) is 4.39. The lowest BCUT2D eigenvalue weighted by atomic mass is 9.91. The van der Waals surface area contributed by atoms with E-state index in [1.54, 1.807) is 11.3 Å². The number of hydrogen-bond acceptors (Lipinski definition) is 3. The molecule has 2 amide bonds. The third kappa shape index (κ3) is 3.41. The van der Waals surface area contributed by atoms with Gasteiger partial charge in [0.15, 0.2) is 0 Å². The van der Waals surface area contributed by atoms with Crippen molar-refractivity contribution in [3.63, 3.8) is 0 Å². The Morgan fingerprint density at radius 3 is 2.78 bits per heavy atom. The van der Waals surface area contributed by atoms with E-state index in [-0.39, 0.29) is 17.5 Å². The first kappa shape index (κ1) is 16.0. The summed E-state index contributed by atoms with van der Waals surface area (Å²) in [6.45, 7) is 4.77. The standard InChI is InChI=1S/C18H22N2O2S/c1-18(2,15-8-5-9-23-15)11-19-17(22)20-14-10-12-6-3-4-7-13(12)16(14)21/h3-9,14,16,21H,10-11H2,1-2H3,(H2,19,20,22)/t14-,16-/m1/s1. The highest BCUT2D eigenvalue weighted by atomic mass is 32.1. The van der Waals surface area contributed by atoms with Gasteiger partial charge in [0.1, 0.15) is 0 Å². The molecule has 1 aliphatic rings. The van der Waals surface area contributed by atoms with Crippen LogP contribution in [0, 0.1) is 0 Å². The van der Waals surface area contributed by atoms with Gasteiger partial charge in [-0.25, -0.2) is 4.79 Å². The first-order chi connectivity index (χ1) is 11.0. The molecule has 1 aromatic carbocycles. The van der Waals surface area contributed by atoms with Crippen molar-refractivity contribution >= 4 is 17.4 Å². The Morgan fingerprint density at radius 1 is 1.30 bits per heavy atom. The molecule has 0 radical (unpaired) electrons. The number of benzene rings is 1. The molecule has 0 unspecified atom stereocenters. The first-order valence-corrected chi connectivity index (χ1v) is 8.69. The topological polar surface area (TPSA) is 61.4 Å². The Bertz CT molecular complexity index is 682. The maximum absolute atomic E-state index is 12.2. The molecule has 23 heavy (non-hydrogen) atoms. The number of carbonyl (C=O) groups excluding carboxylic acids is 1. The zero-order chi connectivity index (χ0) is 16.4. The molecular weight excluding hydrogens is 308 g/mol. The Morgan fingerprint density at radius 2 is 2.09 bits per heavy atom. The van der Waals surface area contributed by atoms with Gasteiger partial charge in [-0.3, -0.25) is 0 Å². The summed E-state index contributed by atoms with van der Waals surface area (Å²) in [6.07, 6.45) is 0.0290. The van der Waals surface area contributed by atoms with Crippen molar-refractivity contribution in [2.24, 2.45) is 0 Å². The second-order valence-corrected chi connectivity index (χ2v) is 7.59. The Balaban J connectivity index is 1.55. The second-order valence-electron chi connectivity index (χ2n) is 6.64. The fourth-order valence-corrected chi connectivity index (χ4v) is 3.83. The summed E-state index contributed by atoms with van der Waals surface area (Å²) in [5.74, 6) is 0. The average molecular weight is 330 g/mol.